The van der Waals surface area contributed by atoms with Crippen LogP contribution in [0.2, 0.25) is 0 Å². The molecule has 0 aromatic heterocycles. The lowest BCUT2D eigenvalue weighted by atomic mass is 9.87. The van der Waals surface area contributed by atoms with E-state index in [9.17, 15) is 0 Å². The van der Waals surface area contributed by atoms with Crippen LogP contribution < -0.4 is 16.0 Å². The highest BCUT2D eigenvalue weighted by Gasteiger charge is 2.25. The van der Waals surface area contributed by atoms with Crippen LogP contribution in [0.1, 0.15) is 12.8 Å². The Morgan fingerprint density at radius 3 is 2.39 bits per heavy atom. The van der Waals surface area contributed by atoms with Crippen molar-refractivity contribution in [3.63, 3.8) is 0 Å². The number of morpholine rings is 1. The molecule has 0 bridgehead atoms. The van der Waals surface area contributed by atoms with E-state index in [4.69, 9.17) is 10.5 Å². The number of benzene rings is 1. The topological polar surface area (TPSA) is 50.5 Å². The van der Waals surface area contributed by atoms with Gasteiger partial charge in [-0.15, -0.1) is 0 Å². The number of hydrogen-bond donors (Lipinski definition) is 2. The SMILES string of the molecule is NC1CC(Nc2ccc(N3CCOCC3)cc2)C1. The van der Waals surface area contributed by atoms with Gasteiger partial charge in [-0.2, -0.15) is 0 Å². The summed E-state index contributed by atoms with van der Waals surface area (Å²) in [6.45, 7) is 3.65. The first-order valence-electron chi connectivity index (χ1n) is 6.76. The van der Waals surface area contributed by atoms with Crippen LogP contribution in [-0.2, 0) is 4.74 Å². The molecule has 18 heavy (non-hydrogen) atoms. The number of nitrogens with one attached hydrogen (secondary N) is 1. The standard InChI is InChI=1S/C14H21N3O/c15-11-9-13(10-11)16-12-1-3-14(4-2-12)17-5-7-18-8-6-17/h1-4,11,13,16H,5-10,15H2. The molecule has 3 N–H and O–H groups in total. The van der Waals surface area contributed by atoms with Gasteiger partial charge in [-0.25, -0.2) is 0 Å². The number of anilines is 2. The fourth-order valence-corrected chi connectivity index (χ4v) is 2.61. The average molecular weight is 247 g/mol. The zero-order valence-electron chi connectivity index (χ0n) is 10.6. The second-order valence-corrected chi connectivity index (χ2v) is 5.22. The van der Waals surface area contributed by atoms with Crippen LogP contribution in [0, 0.1) is 0 Å². The largest absolute Gasteiger partial charge is 0.382 e. The van der Waals surface area contributed by atoms with E-state index in [0.717, 1.165) is 39.1 Å². The Morgan fingerprint density at radius 2 is 1.78 bits per heavy atom. The predicted octanol–water partition coefficient (Wildman–Crippen LogP) is 1.42. The second kappa shape index (κ2) is 5.16. The van der Waals surface area contributed by atoms with Crippen molar-refractivity contribution in [2.45, 2.75) is 24.9 Å². The highest BCUT2D eigenvalue weighted by molar-refractivity contribution is 5.55. The summed E-state index contributed by atoms with van der Waals surface area (Å²) in [5, 5.41) is 3.52. The molecule has 1 aliphatic carbocycles. The molecule has 1 heterocycles. The van der Waals surface area contributed by atoms with Gasteiger partial charge in [0, 0.05) is 36.5 Å². The minimum Gasteiger partial charge on any atom is -0.382 e. The minimum absolute atomic E-state index is 0.398. The third kappa shape index (κ3) is 2.60. The van der Waals surface area contributed by atoms with E-state index in [1.165, 1.54) is 11.4 Å². The summed E-state index contributed by atoms with van der Waals surface area (Å²) >= 11 is 0. The van der Waals surface area contributed by atoms with Crippen LogP contribution in [0.15, 0.2) is 24.3 Å². The summed E-state index contributed by atoms with van der Waals surface area (Å²) in [4.78, 5) is 2.37. The summed E-state index contributed by atoms with van der Waals surface area (Å²) in [5.74, 6) is 0. The van der Waals surface area contributed by atoms with E-state index in [0.29, 0.717) is 12.1 Å². The van der Waals surface area contributed by atoms with Crippen molar-refractivity contribution < 1.29 is 4.74 Å². The number of rotatable bonds is 3. The molecule has 4 heteroatoms. The highest BCUT2D eigenvalue weighted by atomic mass is 16.5. The third-order valence-electron chi connectivity index (χ3n) is 3.79. The molecule has 1 aliphatic heterocycles. The Bertz CT molecular complexity index is 381. The smallest absolute Gasteiger partial charge is 0.0642 e. The first-order valence-corrected chi connectivity index (χ1v) is 6.76. The van der Waals surface area contributed by atoms with Gasteiger partial charge >= 0.3 is 0 Å². The maximum atomic E-state index is 5.79. The van der Waals surface area contributed by atoms with Crippen molar-refractivity contribution in [3.05, 3.63) is 24.3 Å². The Balaban J connectivity index is 1.58. The van der Waals surface area contributed by atoms with Crippen molar-refractivity contribution >= 4 is 11.4 Å². The van der Waals surface area contributed by atoms with Gasteiger partial charge in [-0.05, 0) is 37.1 Å². The normalized spacial score (nSPS) is 27.7. The molecular formula is C14H21N3O. The number of nitrogens with zero attached hydrogens (tertiary/aromatic N) is 1. The van der Waals surface area contributed by atoms with E-state index in [-0.39, 0.29) is 0 Å². The molecule has 0 unspecified atom stereocenters. The molecule has 0 radical (unpaired) electrons. The van der Waals surface area contributed by atoms with E-state index in [1.54, 1.807) is 0 Å². The molecule has 98 valence electrons. The molecule has 0 amide bonds. The first kappa shape index (κ1) is 11.8. The zero-order valence-corrected chi connectivity index (χ0v) is 10.6. The molecule has 2 fully saturated rings. The van der Waals surface area contributed by atoms with Gasteiger partial charge in [0.15, 0.2) is 0 Å². The maximum Gasteiger partial charge on any atom is 0.0642 e. The molecule has 1 saturated carbocycles. The summed E-state index contributed by atoms with van der Waals surface area (Å²) in [6, 6.07) is 9.66. The van der Waals surface area contributed by atoms with E-state index >= 15 is 0 Å². The predicted molar refractivity (Wildman–Crippen MR) is 74.1 cm³/mol. The Hall–Kier alpha value is -1.26. The first-order chi connectivity index (χ1) is 8.81. The van der Waals surface area contributed by atoms with E-state index in [1.807, 2.05) is 0 Å². The monoisotopic (exact) mass is 247 g/mol. The van der Waals surface area contributed by atoms with Crippen LogP contribution >= 0.6 is 0 Å². The van der Waals surface area contributed by atoms with E-state index < -0.39 is 0 Å². The summed E-state index contributed by atoms with van der Waals surface area (Å²) in [7, 11) is 0. The molecular weight excluding hydrogens is 226 g/mol. The van der Waals surface area contributed by atoms with Gasteiger partial charge < -0.3 is 20.7 Å². The number of ether oxygens (including phenoxy) is 1. The van der Waals surface area contributed by atoms with Crippen molar-refractivity contribution in [2.24, 2.45) is 5.73 Å². The lowest BCUT2D eigenvalue weighted by Crippen LogP contribution is -2.44. The summed E-state index contributed by atoms with van der Waals surface area (Å²) in [5.41, 5.74) is 8.27. The van der Waals surface area contributed by atoms with Crippen LogP contribution in [0.5, 0.6) is 0 Å². The van der Waals surface area contributed by atoms with Crippen LogP contribution in [-0.4, -0.2) is 38.4 Å². The Kier molecular flexibility index (Phi) is 3.39. The van der Waals surface area contributed by atoms with Gasteiger partial charge in [-0.1, -0.05) is 0 Å². The Labute approximate surface area is 108 Å². The number of nitrogens with two attached hydrogens (primary N) is 1. The van der Waals surface area contributed by atoms with Crippen molar-refractivity contribution in [3.8, 4) is 0 Å². The lowest BCUT2D eigenvalue weighted by Gasteiger charge is -2.34. The van der Waals surface area contributed by atoms with Crippen LogP contribution in [0.25, 0.3) is 0 Å². The average Bonchev–Trinajstić information content (AvgIpc) is 2.39. The summed E-state index contributed by atoms with van der Waals surface area (Å²) in [6.07, 6.45) is 2.18. The Morgan fingerprint density at radius 1 is 1.11 bits per heavy atom. The molecule has 2 aliphatic rings. The molecule has 1 aromatic rings. The summed E-state index contributed by atoms with van der Waals surface area (Å²) < 4.78 is 5.36. The molecule has 0 spiro atoms. The number of hydrogen-bond acceptors (Lipinski definition) is 4. The van der Waals surface area contributed by atoms with E-state index in [2.05, 4.69) is 34.5 Å². The molecule has 1 aromatic carbocycles. The van der Waals surface area contributed by atoms with Gasteiger partial charge in [0.2, 0.25) is 0 Å². The molecule has 4 nitrogen and oxygen atoms in total. The van der Waals surface area contributed by atoms with Crippen LogP contribution in [0.3, 0.4) is 0 Å². The fraction of sp³-hybridized carbons (Fsp3) is 0.571. The van der Waals surface area contributed by atoms with Crippen molar-refractivity contribution in [1.29, 1.82) is 0 Å². The van der Waals surface area contributed by atoms with Gasteiger partial charge in [-0.3, -0.25) is 0 Å². The van der Waals surface area contributed by atoms with Crippen molar-refractivity contribution in [2.75, 3.05) is 36.5 Å². The minimum atomic E-state index is 0.398. The van der Waals surface area contributed by atoms with Gasteiger partial charge in [0.05, 0.1) is 13.2 Å². The quantitative estimate of drug-likeness (QED) is 0.848. The molecule has 0 atom stereocenters. The maximum absolute atomic E-state index is 5.79. The highest BCUT2D eigenvalue weighted by Crippen LogP contribution is 2.24. The van der Waals surface area contributed by atoms with Crippen molar-refractivity contribution in [1.82, 2.24) is 0 Å². The fourth-order valence-electron chi connectivity index (χ4n) is 2.61. The zero-order chi connectivity index (χ0) is 12.4. The van der Waals surface area contributed by atoms with Gasteiger partial charge in [0.25, 0.3) is 0 Å². The van der Waals surface area contributed by atoms with Gasteiger partial charge in [0.1, 0.15) is 0 Å². The second-order valence-electron chi connectivity index (χ2n) is 5.22. The molecule has 3 rings (SSSR count). The third-order valence-corrected chi connectivity index (χ3v) is 3.79. The molecule has 1 saturated heterocycles. The van der Waals surface area contributed by atoms with Crippen LogP contribution in [0.4, 0.5) is 11.4 Å². The lowest BCUT2D eigenvalue weighted by molar-refractivity contribution is 0.122.